The van der Waals surface area contributed by atoms with Crippen LogP contribution in [0.2, 0.25) is 0 Å². The topological polar surface area (TPSA) is 75.7 Å². The first kappa shape index (κ1) is 20.2. The Morgan fingerprint density at radius 3 is 2.50 bits per heavy atom. The maximum absolute atomic E-state index is 13.3. The van der Waals surface area contributed by atoms with Gasteiger partial charge in [-0.2, -0.15) is 4.31 Å². The summed E-state index contributed by atoms with van der Waals surface area (Å²) >= 11 is 0. The molecule has 0 aromatic heterocycles. The number of hydrogen-bond acceptors (Lipinski definition) is 4. The van der Waals surface area contributed by atoms with E-state index in [-0.39, 0.29) is 17.1 Å². The van der Waals surface area contributed by atoms with Crippen LogP contribution in [0.3, 0.4) is 0 Å². The zero-order valence-corrected chi connectivity index (χ0v) is 16.0. The molecule has 0 aliphatic carbocycles. The summed E-state index contributed by atoms with van der Waals surface area (Å²) in [4.78, 5) is 12.6. The van der Waals surface area contributed by atoms with Gasteiger partial charge < -0.3 is 10.1 Å². The van der Waals surface area contributed by atoms with E-state index in [1.54, 1.807) is 12.1 Å². The van der Waals surface area contributed by atoms with Crippen molar-refractivity contribution in [3.63, 3.8) is 0 Å². The van der Waals surface area contributed by atoms with Crippen molar-refractivity contribution in [2.24, 2.45) is 5.92 Å². The van der Waals surface area contributed by atoms with Gasteiger partial charge in [0.25, 0.3) is 0 Å². The molecular weight excluding hydrogens is 390 g/mol. The molecular formula is C19H20F2N2O4S. The van der Waals surface area contributed by atoms with Crippen LogP contribution in [0, 0.1) is 17.6 Å². The fourth-order valence-corrected chi connectivity index (χ4v) is 4.61. The third-order valence-corrected chi connectivity index (χ3v) is 6.52. The average Bonchev–Trinajstić information content (AvgIpc) is 2.71. The maximum atomic E-state index is 13.3. The Bertz CT molecular complexity index is 964. The molecule has 0 saturated carbocycles. The minimum Gasteiger partial charge on any atom is -0.497 e. The lowest BCUT2D eigenvalue weighted by Crippen LogP contribution is -2.43. The largest absolute Gasteiger partial charge is 0.497 e. The maximum Gasteiger partial charge on any atom is 0.243 e. The number of carbonyl (C=O) groups is 1. The fraction of sp³-hybridized carbons (Fsp3) is 0.316. The number of methoxy groups -OCH3 is 1. The van der Waals surface area contributed by atoms with E-state index in [1.807, 2.05) is 0 Å². The molecule has 6 nitrogen and oxygen atoms in total. The highest BCUT2D eigenvalue weighted by atomic mass is 32.2. The molecule has 28 heavy (non-hydrogen) atoms. The van der Waals surface area contributed by atoms with Crippen molar-refractivity contribution in [3.05, 3.63) is 54.1 Å². The van der Waals surface area contributed by atoms with Gasteiger partial charge in [-0.3, -0.25) is 4.79 Å². The van der Waals surface area contributed by atoms with Crippen LogP contribution < -0.4 is 10.1 Å². The van der Waals surface area contributed by atoms with Crippen LogP contribution in [0.5, 0.6) is 5.75 Å². The van der Waals surface area contributed by atoms with Crippen molar-refractivity contribution >= 4 is 21.6 Å². The van der Waals surface area contributed by atoms with Crippen molar-refractivity contribution in [2.75, 3.05) is 25.5 Å². The van der Waals surface area contributed by atoms with Crippen molar-refractivity contribution < 1.29 is 26.7 Å². The van der Waals surface area contributed by atoms with Crippen LogP contribution in [0.4, 0.5) is 14.5 Å². The predicted octanol–water partition coefficient (Wildman–Crippen LogP) is 3.01. The minimum absolute atomic E-state index is 0.0177. The number of nitrogens with zero attached hydrogens (tertiary/aromatic N) is 1. The van der Waals surface area contributed by atoms with E-state index >= 15 is 0 Å². The Morgan fingerprint density at radius 2 is 1.86 bits per heavy atom. The van der Waals surface area contributed by atoms with Crippen LogP contribution >= 0.6 is 0 Å². The standard InChI is InChI=1S/C19H20F2N2O4S/c1-27-15-5-7-16(8-6-15)28(25,26)23-10-2-3-13(12-23)19(24)22-14-4-9-17(20)18(21)11-14/h4-9,11,13H,2-3,10,12H2,1H3,(H,22,24)/t13-/m0/s1. The first-order valence-corrected chi connectivity index (χ1v) is 10.2. The van der Waals surface area contributed by atoms with Gasteiger partial charge in [0.15, 0.2) is 11.6 Å². The molecule has 1 fully saturated rings. The second kappa shape index (κ2) is 8.24. The van der Waals surface area contributed by atoms with E-state index < -0.39 is 33.5 Å². The Balaban J connectivity index is 1.71. The Hall–Kier alpha value is -2.52. The summed E-state index contributed by atoms with van der Waals surface area (Å²) in [7, 11) is -2.26. The number of anilines is 1. The summed E-state index contributed by atoms with van der Waals surface area (Å²) in [6.07, 6.45) is 1.02. The molecule has 2 aromatic rings. The van der Waals surface area contributed by atoms with Crippen LogP contribution in [0.25, 0.3) is 0 Å². The molecule has 0 bridgehead atoms. The van der Waals surface area contributed by atoms with E-state index in [0.29, 0.717) is 25.1 Å². The van der Waals surface area contributed by atoms with Crippen LogP contribution in [-0.4, -0.2) is 38.8 Å². The third kappa shape index (κ3) is 4.31. The molecule has 1 saturated heterocycles. The third-order valence-electron chi connectivity index (χ3n) is 4.64. The zero-order chi connectivity index (χ0) is 20.3. The molecule has 1 aliphatic heterocycles. The minimum atomic E-state index is -3.75. The Labute approximate surface area is 162 Å². The number of ether oxygens (including phenoxy) is 1. The quantitative estimate of drug-likeness (QED) is 0.822. The fourth-order valence-electron chi connectivity index (χ4n) is 3.09. The molecule has 150 valence electrons. The highest BCUT2D eigenvalue weighted by Gasteiger charge is 2.33. The van der Waals surface area contributed by atoms with E-state index in [0.717, 1.165) is 12.1 Å². The first-order chi connectivity index (χ1) is 13.3. The second-order valence-corrected chi connectivity index (χ2v) is 8.43. The predicted molar refractivity (Wildman–Crippen MR) is 99.5 cm³/mol. The molecule has 0 radical (unpaired) electrons. The lowest BCUT2D eigenvalue weighted by atomic mass is 9.98. The van der Waals surface area contributed by atoms with Gasteiger partial charge >= 0.3 is 0 Å². The number of nitrogens with one attached hydrogen (secondary N) is 1. The zero-order valence-electron chi connectivity index (χ0n) is 15.2. The van der Waals surface area contributed by atoms with Crippen molar-refractivity contribution in [1.82, 2.24) is 4.31 Å². The smallest absolute Gasteiger partial charge is 0.243 e. The van der Waals surface area contributed by atoms with Gasteiger partial charge in [-0.05, 0) is 49.2 Å². The average molecular weight is 410 g/mol. The van der Waals surface area contributed by atoms with E-state index in [1.165, 1.54) is 29.6 Å². The number of amides is 1. The summed E-state index contributed by atoms with van der Waals surface area (Å²) in [6, 6.07) is 9.10. The molecule has 1 amide bonds. The molecule has 1 heterocycles. The van der Waals surface area contributed by atoms with Gasteiger partial charge in [-0.15, -0.1) is 0 Å². The lowest BCUT2D eigenvalue weighted by molar-refractivity contribution is -0.120. The molecule has 0 unspecified atom stereocenters. The van der Waals surface area contributed by atoms with Crippen LogP contribution in [0.1, 0.15) is 12.8 Å². The number of halogens is 2. The molecule has 1 N–H and O–H groups in total. The number of carbonyl (C=O) groups excluding carboxylic acids is 1. The summed E-state index contributed by atoms with van der Waals surface area (Å²) in [5.74, 6) is -2.55. The number of hydrogen-bond donors (Lipinski definition) is 1. The van der Waals surface area contributed by atoms with E-state index in [9.17, 15) is 22.0 Å². The van der Waals surface area contributed by atoms with Gasteiger partial charge in [0.05, 0.1) is 17.9 Å². The van der Waals surface area contributed by atoms with Gasteiger partial charge in [-0.1, -0.05) is 0 Å². The first-order valence-electron chi connectivity index (χ1n) is 8.71. The number of rotatable bonds is 5. The number of benzene rings is 2. The molecule has 2 aromatic carbocycles. The molecule has 0 spiro atoms. The molecule has 1 atom stereocenters. The van der Waals surface area contributed by atoms with Crippen molar-refractivity contribution in [1.29, 1.82) is 0 Å². The molecule has 3 rings (SSSR count). The Kier molecular flexibility index (Phi) is 5.95. The van der Waals surface area contributed by atoms with Crippen LogP contribution in [0.15, 0.2) is 47.4 Å². The summed E-state index contributed by atoms with van der Waals surface area (Å²) in [5.41, 5.74) is 0.124. The van der Waals surface area contributed by atoms with Crippen molar-refractivity contribution in [3.8, 4) is 5.75 Å². The van der Waals surface area contributed by atoms with Gasteiger partial charge in [0.1, 0.15) is 5.75 Å². The van der Waals surface area contributed by atoms with Crippen LogP contribution in [-0.2, 0) is 14.8 Å². The monoisotopic (exact) mass is 410 g/mol. The van der Waals surface area contributed by atoms with Crippen molar-refractivity contribution in [2.45, 2.75) is 17.7 Å². The van der Waals surface area contributed by atoms with E-state index in [4.69, 9.17) is 4.74 Å². The second-order valence-electron chi connectivity index (χ2n) is 6.50. The Morgan fingerprint density at radius 1 is 1.14 bits per heavy atom. The summed E-state index contributed by atoms with van der Waals surface area (Å²) in [6.45, 7) is 0.327. The van der Waals surface area contributed by atoms with E-state index in [2.05, 4.69) is 5.32 Å². The SMILES string of the molecule is COc1ccc(S(=O)(=O)N2CCC[C@H](C(=O)Nc3ccc(F)c(F)c3)C2)cc1. The summed E-state index contributed by atoms with van der Waals surface area (Å²) < 4.78 is 58.3. The number of sulfonamides is 1. The highest BCUT2D eigenvalue weighted by Crippen LogP contribution is 2.26. The van der Waals surface area contributed by atoms with Gasteiger partial charge in [0, 0.05) is 24.8 Å². The lowest BCUT2D eigenvalue weighted by Gasteiger charge is -2.31. The van der Waals surface area contributed by atoms with Gasteiger partial charge in [0.2, 0.25) is 15.9 Å². The number of piperidine rings is 1. The summed E-state index contributed by atoms with van der Waals surface area (Å²) in [5, 5.41) is 2.52. The van der Waals surface area contributed by atoms with Gasteiger partial charge in [-0.25, -0.2) is 17.2 Å². The molecule has 1 aliphatic rings. The normalized spacial score (nSPS) is 17.9. The highest BCUT2D eigenvalue weighted by molar-refractivity contribution is 7.89. The molecule has 9 heteroatoms.